The number of carbonyl (C=O) groups is 1. The Hall–Kier alpha value is -2.87. The minimum atomic E-state index is -4.33. The van der Waals surface area contributed by atoms with Gasteiger partial charge in [-0.05, 0) is 52.9 Å². The molecule has 2 aromatic heterocycles. The van der Waals surface area contributed by atoms with E-state index in [-0.39, 0.29) is 12.3 Å². The number of likely N-dealkylation sites (N-methyl/N-ethyl adjacent to an activating group) is 1. The zero-order chi connectivity index (χ0) is 22.9. The van der Waals surface area contributed by atoms with Crippen LogP contribution in [0.3, 0.4) is 0 Å². The van der Waals surface area contributed by atoms with Gasteiger partial charge in [0, 0.05) is 34.8 Å². The molecule has 0 N–H and O–H groups in total. The first-order valence-corrected chi connectivity index (χ1v) is 10.0. The minimum absolute atomic E-state index is 0.103. The Labute approximate surface area is 180 Å². The molecule has 31 heavy (non-hydrogen) atoms. The summed E-state index contributed by atoms with van der Waals surface area (Å²) in [6.45, 7) is 6.59. The number of aromatic nitrogens is 3. The van der Waals surface area contributed by atoms with E-state index in [0.29, 0.717) is 23.5 Å². The molecule has 0 bridgehead atoms. The highest BCUT2D eigenvalue weighted by atomic mass is 19.4. The van der Waals surface area contributed by atoms with Crippen LogP contribution < -0.4 is 0 Å². The third kappa shape index (κ3) is 5.07. The van der Waals surface area contributed by atoms with Crippen molar-refractivity contribution in [1.29, 1.82) is 0 Å². The van der Waals surface area contributed by atoms with E-state index in [1.54, 1.807) is 19.9 Å². The molecule has 0 fully saturated rings. The topological polar surface area (TPSA) is 43.1 Å². The molecule has 0 amide bonds. The first kappa shape index (κ1) is 22.8. The van der Waals surface area contributed by atoms with Gasteiger partial charge in [-0.15, -0.1) is 0 Å². The van der Waals surface area contributed by atoms with Gasteiger partial charge in [-0.25, -0.2) is 4.68 Å². The van der Waals surface area contributed by atoms with E-state index in [0.717, 1.165) is 27.2 Å². The summed E-state index contributed by atoms with van der Waals surface area (Å²) < 4.78 is 41.6. The molecule has 0 atom stereocenters. The van der Waals surface area contributed by atoms with Crippen LogP contribution in [0.5, 0.6) is 0 Å². The van der Waals surface area contributed by atoms with Gasteiger partial charge in [-0.1, -0.05) is 18.2 Å². The van der Waals surface area contributed by atoms with Crippen LogP contribution in [-0.2, 0) is 13.1 Å². The normalized spacial score (nSPS) is 12.0. The van der Waals surface area contributed by atoms with E-state index < -0.39 is 12.7 Å². The zero-order valence-electron chi connectivity index (χ0n) is 18.4. The molecular weight excluding hydrogens is 405 g/mol. The standard InChI is InChI=1S/C23H27F3N4O/c1-15-11-20(17(3)29(15)14-23(24,25)26)22(31)13-28(5)12-21-16(2)27-30(18(21)4)19-9-7-6-8-10-19/h6-11H,12-14H2,1-5H3. The monoisotopic (exact) mass is 432 g/mol. The molecule has 2 heterocycles. The second-order valence-corrected chi connectivity index (χ2v) is 7.98. The molecule has 0 radical (unpaired) electrons. The molecule has 5 nitrogen and oxygen atoms in total. The number of hydrogen-bond acceptors (Lipinski definition) is 3. The summed E-state index contributed by atoms with van der Waals surface area (Å²) in [5.41, 5.74) is 4.97. The minimum Gasteiger partial charge on any atom is -0.339 e. The Kier molecular flexibility index (Phi) is 6.40. The molecule has 0 aliphatic carbocycles. The number of aryl methyl sites for hydroxylation is 2. The third-order valence-corrected chi connectivity index (χ3v) is 5.49. The first-order chi connectivity index (χ1) is 14.5. The van der Waals surface area contributed by atoms with Gasteiger partial charge in [0.25, 0.3) is 0 Å². The Morgan fingerprint density at radius 1 is 1.06 bits per heavy atom. The molecule has 8 heteroatoms. The highest BCUT2D eigenvalue weighted by Gasteiger charge is 2.30. The van der Waals surface area contributed by atoms with E-state index in [1.807, 2.05) is 60.8 Å². The van der Waals surface area contributed by atoms with E-state index in [9.17, 15) is 18.0 Å². The first-order valence-electron chi connectivity index (χ1n) is 10.0. The van der Waals surface area contributed by atoms with Gasteiger partial charge in [0.1, 0.15) is 6.54 Å². The van der Waals surface area contributed by atoms with Gasteiger partial charge in [0.05, 0.1) is 17.9 Å². The van der Waals surface area contributed by atoms with Crippen LogP contribution in [0.25, 0.3) is 5.69 Å². The van der Waals surface area contributed by atoms with Gasteiger partial charge in [-0.2, -0.15) is 18.3 Å². The molecular formula is C23H27F3N4O. The van der Waals surface area contributed by atoms with Crippen molar-refractivity contribution in [3.05, 3.63) is 70.3 Å². The van der Waals surface area contributed by atoms with Gasteiger partial charge in [-0.3, -0.25) is 9.69 Å². The van der Waals surface area contributed by atoms with E-state index in [2.05, 4.69) is 5.10 Å². The number of nitrogens with zero attached hydrogens (tertiary/aromatic N) is 4. The molecule has 0 saturated heterocycles. The lowest BCUT2D eigenvalue weighted by molar-refractivity contribution is -0.141. The Morgan fingerprint density at radius 3 is 2.32 bits per heavy atom. The van der Waals surface area contributed by atoms with Gasteiger partial charge >= 0.3 is 6.18 Å². The molecule has 3 rings (SSSR count). The summed E-state index contributed by atoms with van der Waals surface area (Å²) in [6.07, 6.45) is -4.33. The van der Waals surface area contributed by atoms with E-state index in [4.69, 9.17) is 0 Å². The van der Waals surface area contributed by atoms with Crippen LogP contribution >= 0.6 is 0 Å². The molecule has 0 aliphatic heterocycles. The lowest BCUT2D eigenvalue weighted by Gasteiger charge is -2.17. The van der Waals surface area contributed by atoms with Crippen molar-refractivity contribution in [3.8, 4) is 5.69 Å². The predicted octanol–water partition coefficient (Wildman–Crippen LogP) is 4.78. The van der Waals surface area contributed by atoms with Crippen LogP contribution in [0, 0.1) is 27.7 Å². The van der Waals surface area contributed by atoms with Crippen molar-refractivity contribution in [3.63, 3.8) is 0 Å². The maximum atomic E-state index is 12.8. The predicted molar refractivity (Wildman–Crippen MR) is 114 cm³/mol. The largest absolute Gasteiger partial charge is 0.406 e. The maximum Gasteiger partial charge on any atom is 0.406 e. The summed E-state index contributed by atoms with van der Waals surface area (Å²) in [6, 6.07) is 11.3. The number of halogens is 3. The average molecular weight is 432 g/mol. The smallest absolute Gasteiger partial charge is 0.339 e. The van der Waals surface area contributed by atoms with Crippen molar-refractivity contribution < 1.29 is 18.0 Å². The number of Topliss-reactive ketones (excluding diaryl/α,β-unsaturated/α-hetero) is 1. The van der Waals surface area contributed by atoms with Crippen LogP contribution in [0.2, 0.25) is 0 Å². The molecule has 3 aromatic rings. The lowest BCUT2D eigenvalue weighted by Crippen LogP contribution is -2.26. The van der Waals surface area contributed by atoms with Crippen molar-refractivity contribution in [2.24, 2.45) is 0 Å². The highest BCUT2D eigenvalue weighted by Crippen LogP contribution is 2.24. The third-order valence-electron chi connectivity index (χ3n) is 5.49. The number of rotatable bonds is 7. The maximum absolute atomic E-state index is 12.8. The van der Waals surface area contributed by atoms with Crippen LogP contribution in [-0.4, -0.2) is 44.8 Å². The Balaban J connectivity index is 1.75. The van der Waals surface area contributed by atoms with Crippen molar-refractivity contribution >= 4 is 5.78 Å². The molecule has 0 spiro atoms. The number of hydrogen-bond donors (Lipinski definition) is 0. The van der Waals surface area contributed by atoms with Crippen LogP contribution in [0.4, 0.5) is 13.2 Å². The van der Waals surface area contributed by atoms with Crippen molar-refractivity contribution in [2.75, 3.05) is 13.6 Å². The summed E-state index contributed by atoms with van der Waals surface area (Å²) >= 11 is 0. The number of para-hydroxylation sites is 1. The number of benzene rings is 1. The number of alkyl halides is 3. The zero-order valence-corrected chi connectivity index (χ0v) is 18.4. The molecule has 1 aromatic carbocycles. The average Bonchev–Trinajstić information content (AvgIpc) is 3.12. The number of ketones is 1. The molecule has 166 valence electrons. The van der Waals surface area contributed by atoms with Crippen LogP contribution in [0.15, 0.2) is 36.4 Å². The van der Waals surface area contributed by atoms with E-state index >= 15 is 0 Å². The summed E-state index contributed by atoms with van der Waals surface area (Å²) in [5, 5.41) is 4.63. The van der Waals surface area contributed by atoms with Gasteiger partial charge < -0.3 is 4.57 Å². The second-order valence-electron chi connectivity index (χ2n) is 7.98. The fourth-order valence-corrected chi connectivity index (χ4v) is 3.89. The summed E-state index contributed by atoms with van der Waals surface area (Å²) in [7, 11) is 1.82. The second kappa shape index (κ2) is 8.70. The molecule has 0 saturated carbocycles. The van der Waals surface area contributed by atoms with Gasteiger partial charge in [0.2, 0.25) is 0 Å². The summed E-state index contributed by atoms with van der Waals surface area (Å²) in [4.78, 5) is 14.7. The summed E-state index contributed by atoms with van der Waals surface area (Å²) in [5.74, 6) is -0.199. The Morgan fingerprint density at radius 2 is 1.71 bits per heavy atom. The highest BCUT2D eigenvalue weighted by molar-refractivity contribution is 5.99. The van der Waals surface area contributed by atoms with Crippen molar-refractivity contribution in [1.82, 2.24) is 19.2 Å². The van der Waals surface area contributed by atoms with Gasteiger partial charge in [0.15, 0.2) is 5.78 Å². The van der Waals surface area contributed by atoms with Crippen molar-refractivity contribution in [2.45, 2.75) is 47.0 Å². The van der Waals surface area contributed by atoms with Crippen LogP contribution in [0.1, 0.15) is 38.7 Å². The lowest BCUT2D eigenvalue weighted by atomic mass is 10.1. The number of carbonyl (C=O) groups excluding carboxylic acids is 1. The molecule has 0 unspecified atom stereocenters. The molecule has 0 aliphatic rings. The Bertz CT molecular complexity index is 1080. The SMILES string of the molecule is Cc1nn(-c2ccccc2)c(C)c1CN(C)CC(=O)c1cc(C)n(CC(F)(F)F)c1C. The fraction of sp³-hybridized carbons (Fsp3) is 0.391. The quantitative estimate of drug-likeness (QED) is 0.505. The van der Waals surface area contributed by atoms with E-state index in [1.165, 1.54) is 0 Å². The fourth-order valence-electron chi connectivity index (χ4n) is 3.89.